The van der Waals surface area contributed by atoms with Crippen LogP contribution in [-0.2, 0) is 0 Å². The summed E-state index contributed by atoms with van der Waals surface area (Å²) in [5.41, 5.74) is 5.65. The van der Waals surface area contributed by atoms with Crippen LogP contribution in [0.1, 0.15) is 10.4 Å². The first-order chi connectivity index (χ1) is 7.65. The van der Waals surface area contributed by atoms with E-state index in [-0.39, 0.29) is 16.7 Å². The number of carbonyl (C=O) groups excluding carboxylic acids is 1. The van der Waals surface area contributed by atoms with Crippen molar-refractivity contribution in [2.24, 2.45) is 5.73 Å². The maximum Gasteiger partial charge on any atom is 0.251 e. The molecule has 0 bridgehead atoms. The van der Waals surface area contributed by atoms with Gasteiger partial charge in [0.1, 0.15) is 5.75 Å². The van der Waals surface area contributed by atoms with Crippen molar-refractivity contribution in [1.29, 1.82) is 0 Å². The van der Waals surface area contributed by atoms with Gasteiger partial charge < -0.3 is 16.2 Å². The third-order valence-electron chi connectivity index (χ3n) is 1.89. The molecule has 0 aliphatic heterocycles. The average Bonchev–Trinajstić information content (AvgIpc) is 2.28. The van der Waals surface area contributed by atoms with Gasteiger partial charge in [-0.2, -0.15) is 0 Å². The van der Waals surface area contributed by atoms with Gasteiger partial charge in [0.15, 0.2) is 0 Å². The van der Waals surface area contributed by atoms with Gasteiger partial charge in [-0.15, -0.1) is 0 Å². The van der Waals surface area contributed by atoms with Crippen molar-refractivity contribution in [3.05, 3.63) is 40.9 Å². The molecule has 5 heteroatoms. The van der Waals surface area contributed by atoms with E-state index in [0.717, 1.165) is 0 Å². The molecule has 0 saturated heterocycles. The van der Waals surface area contributed by atoms with E-state index in [1.165, 1.54) is 18.2 Å². The zero-order valence-electron chi connectivity index (χ0n) is 8.61. The predicted octanol–water partition coefficient (Wildman–Crippen LogP) is 1.29. The van der Waals surface area contributed by atoms with Gasteiger partial charge in [-0.3, -0.25) is 4.79 Å². The molecule has 0 spiro atoms. The minimum atomic E-state index is -0.247. The third kappa shape index (κ3) is 3.56. The molecule has 0 unspecified atom stereocenters. The summed E-state index contributed by atoms with van der Waals surface area (Å²) in [6.07, 6.45) is 3.52. The molecule has 1 rings (SSSR count). The highest BCUT2D eigenvalue weighted by molar-refractivity contribution is 6.32. The fourth-order valence-electron chi connectivity index (χ4n) is 1.08. The number of phenolic OH excluding ortho intramolecular Hbond substituents is 1. The summed E-state index contributed by atoms with van der Waals surface area (Å²) in [5, 5.41) is 12.0. The summed E-state index contributed by atoms with van der Waals surface area (Å²) < 4.78 is 0. The number of hydrogen-bond donors (Lipinski definition) is 3. The van der Waals surface area contributed by atoms with Crippen LogP contribution in [0.15, 0.2) is 30.4 Å². The molecule has 1 aromatic rings. The quantitative estimate of drug-likeness (QED) is 0.695. The van der Waals surface area contributed by atoms with Crippen LogP contribution >= 0.6 is 11.6 Å². The molecule has 0 saturated carbocycles. The zero-order valence-corrected chi connectivity index (χ0v) is 9.37. The van der Waals surface area contributed by atoms with Crippen molar-refractivity contribution in [3.8, 4) is 5.75 Å². The molecule has 0 heterocycles. The number of nitrogens with one attached hydrogen (secondary N) is 1. The van der Waals surface area contributed by atoms with Crippen molar-refractivity contribution < 1.29 is 9.90 Å². The molecule has 0 aliphatic rings. The lowest BCUT2D eigenvalue weighted by molar-refractivity contribution is 0.0958. The van der Waals surface area contributed by atoms with E-state index in [4.69, 9.17) is 17.3 Å². The SMILES string of the molecule is NC/C=C/CNC(=O)c1ccc(O)c(Cl)c1. The molecule has 0 fully saturated rings. The number of benzene rings is 1. The fourth-order valence-corrected chi connectivity index (χ4v) is 1.26. The second-order valence-corrected chi connectivity index (χ2v) is 3.49. The smallest absolute Gasteiger partial charge is 0.251 e. The van der Waals surface area contributed by atoms with Crippen LogP contribution in [0, 0.1) is 0 Å². The van der Waals surface area contributed by atoms with Crippen molar-refractivity contribution >= 4 is 17.5 Å². The Hall–Kier alpha value is -1.52. The summed E-state index contributed by atoms with van der Waals surface area (Å²) in [5.74, 6) is -0.287. The largest absolute Gasteiger partial charge is 0.506 e. The molecule has 0 aliphatic carbocycles. The Morgan fingerprint density at radius 1 is 1.50 bits per heavy atom. The summed E-state index contributed by atoms with van der Waals surface area (Å²) in [6.45, 7) is 0.857. The molecule has 1 aromatic carbocycles. The maximum absolute atomic E-state index is 11.6. The van der Waals surface area contributed by atoms with Gasteiger partial charge in [-0.05, 0) is 18.2 Å². The van der Waals surface area contributed by atoms with Crippen LogP contribution in [-0.4, -0.2) is 24.1 Å². The van der Waals surface area contributed by atoms with Crippen LogP contribution in [0.4, 0.5) is 0 Å². The molecular weight excluding hydrogens is 228 g/mol. The minimum Gasteiger partial charge on any atom is -0.506 e. The standard InChI is InChI=1S/C11H13ClN2O2/c12-9-7-8(3-4-10(9)15)11(16)14-6-2-1-5-13/h1-4,7,15H,5-6,13H2,(H,14,16)/b2-1+. The van der Waals surface area contributed by atoms with Crippen molar-refractivity contribution in [2.45, 2.75) is 0 Å². The van der Waals surface area contributed by atoms with E-state index in [1.807, 2.05) is 0 Å². The van der Waals surface area contributed by atoms with Crippen LogP contribution in [0.2, 0.25) is 5.02 Å². The number of hydrogen-bond acceptors (Lipinski definition) is 3. The average molecular weight is 241 g/mol. The number of nitrogens with two attached hydrogens (primary N) is 1. The molecular formula is C11H13ClN2O2. The van der Waals surface area contributed by atoms with Gasteiger partial charge in [0, 0.05) is 18.7 Å². The van der Waals surface area contributed by atoms with Crippen LogP contribution < -0.4 is 11.1 Å². The second kappa shape index (κ2) is 6.15. The highest BCUT2D eigenvalue weighted by Gasteiger charge is 2.06. The Labute approximate surface area is 98.7 Å². The lowest BCUT2D eigenvalue weighted by atomic mass is 10.2. The van der Waals surface area contributed by atoms with Crippen molar-refractivity contribution in [1.82, 2.24) is 5.32 Å². The third-order valence-corrected chi connectivity index (χ3v) is 2.20. The zero-order chi connectivity index (χ0) is 12.0. The topological polar surface area (TPSA) is 75.3 Å². The molecule has 86 valence electrons. The lowest BCUT2D eigenvalue weighted by Gasteiger charge is -2.03. The number of phenols is 1. The van der Waals surface area contributed by atoms with Gasteiger partial charge in [-0.1, -0.05) is 23.8 Å². The Morgan fingerprint density at radius 2 is 2.25 bits per heavy atom. The molecule has 1 amide bonds. The molecule has 0 atom stereocenters. The van der Waals surface area contributed by atoms with Crippen LogP contribution in [0.3, 0.4) is 0 Å². The van der Waals surface area contributed by atoms with Gasteiger partial charge in [0.05, 0.1) is 5.02 Å². The first-order valence-electron chi connectivity index (χ1n) is 4.77. The van der Waals surface area contributed by atoms with Gasteiger partial charge in [0.2, 0.25) is 0 Å². The minimum absolute atomic E-state index is 0.0405. The Morgan fingerprint density at radius 3 is 2.88 bits per heavy atom. The Kier molecular flexibility index (Phi) is 4.82. The second-order valence-electron chi connectivity index (χ2n) is 3.08. The van der Waals surface area contributed by atoms with E-state index < -0.39 is 0 Å². The highest BCUT2D eigenvalue weighted by Crippen LogP contribution is 2.23. The Balaban J connectivity index is 2.59. The summed E-state index contributed by atoms with van der Waals surface area (Å²) >= 11 is 5.68. The van der Waals surface area contributed by atoms with Crippen molar-refractivity contribution in [3.63, 3.8) is 0 Å². The number of rotatable bonds is 4. The normalized spacial score (nSPS) is 10.6. The predicted molar refractivity (Wildman–Crippen MR) is 63.6 cm³/mol. The Bertz CT molecular complexity index is 405. The summed E-state index contributed by atoms with van der Waals surface area (Å²) in [6, 6.07) is 4.30. The molecule has 16 heavy (non-hydrogen) atoms. The van der Waals surface area contributed by atoms with Gasteiger partial charge in [-0.25, -0.2) is 0 Å². The van der Waals surface area contributed by atoms with Gasteiger partial charge >= 0.3 is 0 Å². The summed E-state index contributed by atoms with van der Waals surface area (Å²) in [4.78, 5) is 11.6. The van der Waals surface area contributed by atoms with Crippen molar-refractivity contribution in [2.75, 3.05) is 13.1 Å². The first kappa shape index (κ1) is 12.5. The van der Waals surface area contributed by atoms with E-state index in [2.05, 4.69) is 5.32 Å². The van der Waals surface area contributed by atoms with E-state index in [0.29, 0.717) is 18.7 Å². The monoisotopic (exact) mass is 240 g/mol. The highest BCUT2D eigenvalue weighted by atomic mass is 35.5. The number of halogens is 1. The van der Waals surface area contributed by atoms with E-state index in [1.54, 1.807) is 12.2 Å². The first-order valence-corrected chi connectivity index (χ1v) is 5.14. The molecule has 4 N–H and O–H groups in total. The van der Waals surface area contributed by atoms with Crippen LogP contribution in [0.5, 0.6) is 5.75 Å². The number of carbonyl (C=O) groups is 1. The van der Waals surface area contributed by atoms with E-state index in [9.17, 15) is 9.90 Å². The number of aromatic hydroxyl groups is 1. The summed E-state index contributed by atoms with van der Waals surface area (Å²) in [7, 11) is 0. The fraction of sp³-hybridized carbons (Fsp3) is 0.182. The van der Waals surface area contributed by atoms with E-state index >= 15 is 0 Å². The maximum atomic E-state index is 11.6. The number of amides is 1. The molecule has 4 nitrogen and oxygen atoms in total. The van der Waals surface area contributed by atoms with Crippen LogP contribution in [0.25, 0.3) is 0 Å². The molecule has 0 radical (unpaired) electrons. The lowest BCUT2D eigenvalue weighted by Crippen LogP contribution is -2.23. The van der Waals surface area contributed by atoms with Gasteiger partial charge in [0.25, 0.3) is 5.91 Å². The molecule has 0 aromatic heterocycles.